The van der Waals surface area contributed by atoms with E-state index in [2.05, 4.69) is 32.6 Å². The molecule has 1 aliphatic carbocycles. The Labute approximate surface area is 116 Å². The first-order valence-electron chi connectivity index (χ1n) is 6.95. The van der Waals surface area contributed by atoms with Gasteiger partial charge in [0.25, 0.3) is 0 Å². The molecule has 1 aliphatic rings. The zero-order valence-electron chi connectivity index (χ0n) is 12.1. The number of rotatable bonds is 4. The van der Waals surface area contributed by atoms with Crippen molar-refractivity contribution in [2.45, 2.75) is 37.9 Å². The van der Waals surface area contributed by atoms with E-state index < -0.39 is 11.2 Å². The molecule has 1 N–H and O–H groups in total. The molecule has 0 radical (unpaired) electrons. The van der Waals surface area contributed by atoms with E-state index in [4.69, 9.17) is 4.74 Å². The zero-order chi connectivity index (χ0) is 14.1. The smallest absolute Gasteiger partial charge is 0.101 e. The van der Waals surface area contributed by atoms with Crippen molar-refractivity contribution in [3.05, 3.63) is 48.6 Å². The van der Waals surface area contributed by atoms with Gasteiger partial charge in [0.1, 0.15) is 5.60 Å². The van der Waals surface area contributed by atoms with Crippen molar-refractivity contribution in [2.24, 2.45) is 11.8 Å². The second kappa shape index (κ2) is 5.10. The Morgan fingerprint density at radius 1 is 1.37 bits per heavy atom. The lowest BCUT2D eigenvalue weighted by Gasteiger charge is -2.39. The van der Waals surface area contributed by atoms with Gasteiger partial charge in [0.2, 0.25) is 0 Å². The van der Waals surface area contributed by atoms with E-state index in [-0.39, 0.29) is 11.8 Å². The fourth-order valence-electron chi connectivity index (χ4n) is 3.92. The molecule has 1 aromatic carbocycles. The summed E-state index contributed by atoms with van der Waals surface area (Å²) in [7, 11) is 1.75. The second-order valence-electron chi connectivity index (χ2n) is 5.79. The van der Waals surface area contributed by atoms with Crippen molar-refractivity contribution in [3.8, 4) is 0 Å². The van der Waals surface area contributed by atoms with Gasteiger partial charge in [-0.25, -0.2) is 0 Å². The number of hydrogen-bond acceptors (Lipinski definition) is 2. The van der Waals surface area contributed by atoms with Crippen LogP contribution in [-0.2, 0) is 10.3 Å². The molecular weight excluding hydrogens is 236 g/mol. The monoisotopic (exact) mass is 260 g/mol. The van der Waals surface area contributed by atoms with Gasteiger partial charge in [-0.1, -0.05) is 50.3 Å². The van der Waals surface area contributed by atoms with Gasteiger partial charge in [-0.3, -0.25) is 0 Å². The van der Waals surface area contributed by atoms with Gasteiger partial charge in [0.05, 0.1) is 5.60 Å². The van der Waals surface area contributed by atoms with Crippen molar-refractivity contribution in [3.63, 3.8) is 0 Å². The number of methoxy groups -OCH3 is 1. The SMILES string of the molecule is C=CC[C@@]1(O)C[C@H](C)[C@@](OC)(c2ccccc2)[C@@H]1C. The van der Waals surface area contributed by atoms with Gasteiger partial charge in [-0.15, -0.1) is 6.58 Å². The fraction of sp³-hybridized carbons (Fsp3) is 0.529. The van der Waals surface area contributed by atoms with E-state index in [0.29, 0.717) is 6.42 Å². The summed E-state index contributed by atoms with van der Waals surface area (Å²) in [6.45, 7) is 8.02. The highest BCUT2D eigenvalue weighted by molar-refractivity contribution is 5.29. The Morgan fingerprint density at radius 2 is 2.00 bits per heavy atom. The van der Waals surface area contributed by atoms with Crippen molar-refractivity contribution in [1.82, 2.24) is 0 Å². The number of benzene rings is 1. The highest BCUT2D eigenvalue weighted by Crippen LogP contribution is 2.55. The van der Waals surface area contributed by atoms with E-state index in [0.717, 1.165) is 12.0 Å². The van der Waals surface area contributed by atoms with Crippen LogP contribution in [-0.4, -0.2) is 17.8 Å². The van der Waals surface area contributed by atoms with Crippen LogP contribution in [0.3, 0.4) is 0 Å². The Kier molecular flexibility index (Phi) is 3.84. The topological polar surface area (TPSA) is 29.5 Å². The van der Waals surface area contributed by atoms with Crippen LogP contribution in [0.1, 0.15) is 32.3 Å². The molecule has 2 heteroatoms. The molecule has 0 bridgehead atoms. The van der Waals surface area contributed by atoms with Crippen molar-refractivity contribution >= 4 is 0 Å². The Bertz CT molecular complexity index is 442. The van der Waals surface area contributed by atoms with Crippen LogP contribution in [0.5, 0.6) is 0 Å². The maximum absolute atomic E-state index is 10.9. The maximum atomic E-state index is 10.9. The van der Waals surface area contributed by atoms with E-state index in [1.807, 2.05) is 18.2 Å². The van der Waals surface area contributed by atoms with Crippen LogP contribution < -0.4 is 0 Å². The molecule has 2 nitrogen and oxygen atoms in total. The third-order valence-corrected chi connectivity index (χ3v) is 4.90. The molecule has 1 fully saturated rings. The highest BCUT2D eigenvalue weighted by Gasteiger charge is 2.58. The summed E-state index contributed by atoms with van der Waals surface area (Å²) in [6.07, 6.45) is 3.15. The molecule has 0 aromatic heterocycles. The number of aliphatic hydroxyl groups is 1. The maximum Gasteiger partial charge on any atom is 0.101 e. The predicted octanol–water partition coefficient (Wildman–Crippen LogP) is 3.51. The van der Waals surface area contributed by atoms with Gasteiger partial charge in [-0.05, 0) is 24.3 Å². The first-order chi connectivity index (χ1) is 9.01. The summed E-state index contributed by atoms with van der Waals surface area (Å²) in [5, 5.41) is 10.9. The van der Waals surface area contributed by atoms with Crippen molar-refractivity contribution in [2.75, 3.05) is 7.11 Å². The molecule has 19 heavy (non-hydrogen) atoms. The predicted molar refractivity (Wildman–Crippen MR) is 77.8 cm³/mol. The minimum absolute atomic E-state index is 0.0281. The van der Waals surface area contributed by atoms with Gasteiger partial charge in [0, 0.05) is 13.0 Å². The van der Waals surface area contributed by atoms with E-state index in [1.54, 1.807) is 13.2 Å². The molecular formula is C17H24O2. The Morgan fingerprint density at radius 3 is 2.53 bits per heavy atom. The standard InChI is InChI=1S/C17H24O2/c1-5-11-16(18)12-13(2)17(19-4,14(16)3)15-9-7-6-8-10-15/h5-10,13-14,18H,1,11-12H2,2-4H3/t13-,14+,16+,17-/m0/s1. The summed E-state index contributed by atoms with van der Waals surface area (Å²) >= 11 is 0. The number of hydrogen-bond donors (Lipinski definition) is 1. The lowest BCUT2D eigenvalue weighted by molar-refractivity contribution is -0.105. The molecule has 0 unspecified atom stereocenters. The minimum atomic E-state index is -0.729. The van der Waals surface area contributed by atoms with Gasteiger partial charge in [0.15, 0.2) is 0 Å². The number of ether oxygens (including phenoxy) is 1. The third kappa shape index (κ3) is 2.03. The Balaban J connectivity index is 2.49. The average molecular weight is 260 g/mol. The highest BCUT2D eigenvalue weighted by atomic mass is 16.5. The van der Waals surface area contributed by atoms with Gasteiger partial charge >= 0.3 is 0 Å². The summed E-state index contributed by atoms with van der Waals surface area (Å²) in [5.41, 5.74) is 0.00366. The van der Waals surface area contributed by atoms with Crippen LogP contribution in [0.25, 0.3) is 0 Å². The normalized spacial score (nSPS) is 38.3. The first kappa shape index (κ1) is 14.3. The van der Waals surface area contributed by atoms with Gasteiger partial charge < -0.3 is 9.84 Å². The molecule has 0 saturated heterocycles. The zero-order valence-corrected chi connectivity index (χ0v) is 12.1. The van der Waals surface area contributed by atoms with Crippen LogP contribution in [0, 0.1) is 11.8 Å². The molecule has 104 valence electrons. The van der Waals surface area contributed by atoms with E-state index in [9.17, 15) is 5.11 Å². The average Bonchev–Trinajstić information content (AvgIpc) is 2.59. The van der Waals surface area contributed by atoms with E-state index in [1.165, 1.54) is 0 Å². The lowest BCUT2D eigenvalue weighted by atomic mass is 9.76. The second-order valence-corrected chi connectivity index (χ2v) is 5.79. The summed E-state index contributed by atoms with van der Waals surface area (Å²) in [6, 6.07) is 10.3. The molecule has 0 spiro atoms. The summed E-state index contributed by atoms with van der Waals surface area (Å²) in [4.78, 5) is 0. The third-order valence-electron chi connectivity index (χ3n) is 4.90. The molecule has 1 saturated carbocycles. The lowest BCUT2D eigenvalue weighted by Crippen LogP contribution is -2.43. The van der Waals surface area contributed by atoms with E-state index >= 15 is 0 Å². The van der Waals surface area contributed by atoms with Crippen LogP contribution in [0.4, 0.5) is 0 Å². The molecule has 1 aromatic rings. The van der Waals surface area contributed by atoms with Crippen LogP contribution >= 0.6 is 0 Å². The Hall–Kier alpha value is -1.12. The van der Waals surface area contributed by atoms with Crippen LogP contribution in [0.15, 0.2) is 43.0 Å². The quantitative estimate of drug-likeness (QED) is 0.839. The van der Waals surface area contributed by atoms with Crippen molar-refractivity contribution < 1.29 is 9.84 Å². The fourth-order valence-corrected chi connectivity index (χ4v) is 3.92. The molecule has 0 heterocycles. The minimum Gasteiger partial charge on any atom is -0.389 e. The molecule has 0 aliphatic heterocycles. The summed E-state index contributed by atoms with van der Waals surface area (Å²) in [5.74, 6) is 0.292. The molecule has 2 rings (SSSR count). The first-order valence-corrected chi connectivity index (χ1v) is 6.95. The summed E-state index contributed by atoms with van der Waals surface area (Å²) < 4.78 is 5.96. The van der Waals surface area contributed by atoms with Gasteiger partial charge in [-0.2, -0.15) is 0 Å². The molecule has 0 amide bonds. The molecule has 4 atom stereocenters. The largest absolute Gasteiger partial charge is 0.389 e. The van der Waals surface area contributed by atoms with Crippen LogP contribution in [0.2, 0.25) is 0 Å². The van der Waals surface area contributed by atoms with Crippen molar-refractivity contribution in [1.29, 1.82) is 0 Å².